The summed E-state index contributed by atoms with van der Waals surface area (Å²) in [4.78, 5) is 0. The summed E-state index contributed by atoms with van der Waals surface area (Å²) in [6.45, 7) is 1.000. The predicted octanol–water partition coefficient (Wildman–Crippen LogP) is 1.14. The Labute approximate surface area is 77.2 Å². The maximum atomic E-state index is 8.38. The van der Waals surface area contributed by atoms with Crippen LogP contribution in [0.2, 0.25) is 0 Å². The fourth-order valence-electron chi connectivity index (χ4n) is 1.29. The van der Waals surface area contributed by atoms with Crippen molar-refractivity contribution in [3.63, 3.8) is 0 Å². The molecule has 1 aromatic heterocycles. The van der Waals surface area contributed by atoms with Gasteiger partial charge in [-0.05, 0) is 18.8 Å². The fraction of sp³-hybridized carbons (Fsp3) is 0.667. The molecule has 0 atom stereocenters. The third kappa shape index (κ3) is 2.28. The molecule has 4 heteroatoms. The second kappa shape index (κ2) is 3.56. The number of hydrogen-bond acceptors (Lipinski definition) is 3. The summed E-state index contributed by atoms with van der Waals surface area (Å²) >= 11 is 0. The Morgan fingerprint density at radius 2 is 2.46 bits per heavy atom. The van der Waals surface area contributed by atoms with Crippen LogP contribution in [0.15, 0.2) is 6.20 Å². The Balaban J connectivity index is 1.89. The number of aryl methyl sites for hydroxylation is 1. The van der Waals surface area contributed by atoms with Crippen LogP contribution >= 0.6 is 0 Å². The van der Waals surface area contributed by atoms with E-state index in [1.54, 1.807) is 0 Å². The van der Waals surface area contributed by atoms with Crippen molar-refractivity contribution in [2.45, 2.75) is 32.2 Å². The van der Waals surface area contributed by atoms with E-state index in [4.69, 9.17) is 5.26 Å². The molecule has 1 aliphatic carbocycles. The summed E-state index contributed by atoms with van der Waals surface area (Å²) < 4.78 is 1.89. The standard InChI is InChI=1S/C9H12N4/c10-5-1-2-9-7-13(12-11-9)6-8-3-4-8/h7-8H,1-4,6H2. The van der Waals surface area contributed by atoms with Crippen molar-refractivity contribution in [2.75, 3.05) is 0 Å². The van der Waals surface area contributed by atoms with Crippen LogP contribution in [0.4, 0.5) is 0 Å². The van der Waals surface area contributed by atoms with Gasteiger partial charge in [-0.3, -0.25) is 4.68 Å². The molecule has 0 amide bonds. The third-order valence-electron chi connectivity index (χ3n) is 2.22. The average molecular weight is 176 g/mol. The van der Waals surface area contributed by atoms with Crippen LogP contribution < -0.4 is 0 Å². The van der Waals surface area contributed by atoms with Gasteiger partial charge in [-0.2, -0.15) is 5.26 Å². The van der Waals surface area contributed by atoms with E-state index >= 15 is 0 Å². The van der Waals surface area contributed by atoms with Gasteiger partial charge in [-0.15, -0.1) is 5.10 Å². The van der Waals surface area contributed by atoms with Gasteiger partial charge in [0.2, 0.25) is 0 Å². The normalized spacial score (nSPS) is 15.6. The molecule has 1 heterocycles. The summed E-state index contributed by atoms with van der Waals surface area (Å²) in [6.07, 6.45) is 5.86. The Kier molecular flexibility index (Phi) is 2.26. The minimum Gasteiger partial charge on any atom is -0.252 e. The monoisotopic (exact) mass is 176 g/mol. The Morgan fingerprint density at radius 3 is 3.15 bits per heavy atom. The van der Waals surface area contributed by atoms with Crippen molar-refractivity contribution < 1.29 is 0 Å². The fourth-order valence-corrected chi connectivity index (χ4v) is 1.29. The molecule has 4 nitrogen and oxygen atoms in total. The third-order valence-corrected chi connectivity index (χ3v) is 2.22. The van der Waals surface area contributed by atoms with E-state index in [9.17, 15) is 0 Å². The van der Waals surface area contributed by atoms with Gasteiger partial charge in [0.25, 0.3) is 0 Å². The highest BCUT2D eigenvalue weighted by Crippen LogP contribution is 2.30. The summed E-state index contributed by atoms with van der Waals surface area (Å²) in [5.74, 6) is 0.825. The second-order valence-electron chi connectivity index (χ2n) is 3.53. The zero-order valence-corrected chi connectivity index (χ0v) is 7.48. The molecule has 0 N–H and O–H groups in total. The summed E-state index contributed by atoms with van der Waals surface area (Å²) in [6, 6.07) is 2.10. The van der Waals surface area contributed by atoms with E-state index in [0.717, 1.165) is 24.6 Å². The van der Waals surface area contributed by atoms with Gasteiger partial charge in [0, 0.05) is 25.6 Å². The molecule has 0 radical (unpaired) electrons. The van der Waals surface area contributed by atoms with Gasteiger partial charge in [-0.1, -0.05) is 5.21 Å². The Hall–Kier alpha value is -1.37. The lowest BCUT2D eigenvalue weighted by Crippen LogP contribution is -1.99. The molecular formula is C9H12N4. The Bertz CT molecular complexity index is 319. The molecule has 68 valence electrons. The van der Waals surface area contributed by atoms with E-state index < -0.39 is 0 Å². The highest BCUT2D eigenvalue weighted by atomic mass is 15.4. The Morgan fingerprint density at radius 1 is 1.62 bits per heavy atom. The van der Waals surface area contributed by atoms with Crippen LogP contribution in [-0.4, -0.2) is 15.0 Å². The van der Waals surface area contributed by atoms with Crippen LogP contribution in [0.3, 0.4) is 0 Å². The highest BCUT2D eigenvalue weighted by molar-refractivity contribution is 4.95. The minimum atomic E-state index is 0.530. The van der Waals surface area contributed by atoms with E-state index in [1.807, 2.05) is 10.9 Å². The van der Waals surface area contributed by atoms with E-state index in [2.05, 4.69) is 16.4 Å². The zero-order chi connectivity index (χ0) is 9.10. The minimum absolute atomic E-state index is 0.530. The molecule has 0 aromatic carbocycles. The molecule has 1 aromatic rings. The lowest BCUT2D eigenvalue weighted by molar-refractivity contribution is 0.544. The van der Waals surface area contributed by atoms with Gasteiger partial charge in [0.05, 0.1) is 11.8 Å². The van der Waals surface area contributed by atoms with Gasteiger partial charge in [0.1, 0.15) is 0 Å². The van der Waals surface area contributed by atoms with Crippen LogP contribution in [0.1, 0.15) is 25.0 Å². The lowest BCUT2D eigenvalue weighted by Gasteiger charge is -1.93. The number of nitriles is 1. The van der Waals surface area contributed by atoms with E-state index in [0.29, 0.717) is 6.42 Å². The number of aromatic nitrogens is 3. The van der Waals surface area contributed by atoms with Crippen LogP contribution in [0.25, 0.3) is 0 Å². The molecule has 13 heavy (non-hydrogen) atoms. The van der Waals surface area contributed by atoms with Crippen molar-refractivity contribution in [1.29, 1.82) is 5.26 Å². The first-order chi connectivity index (χ1) is 6.38. The van der Waals surface area contributed by atoms with Crippen LogP contribution in [0.5, 0.6) is 0 Å². The first-order valence-electron chi connectivity index (χ1n) is 4.64. The van der Waals surface area contributed by atoms with Crippen molar-refractivity contribution in [2.24, 2.45) is 5.92 Å². The van der Waals surface area contributed by atoms with Crippen molar-refractivity contribution in [3.05, 3.63) is 11.9 Å². The zero-order valence-electron chi connectivity index (χ0n) is 7.48. The first-order valence-corrected chi connectivity index (χ1v) is 4.64. The predicted molar refractivity (Wildman–Crippen MR) is 46.7 cm³/mol. The van der Waals surface area contributed by atoms with Crippen LogP contribution in [0, 0.1) is 17.2 Å². The maximum Gasteiger partial charge on any atom is 0.0837 e. The number of hydrogen-bond donors (Lipinski definition) is 0. The molecule has 1 aliphatic rings. The molecular weight excluding hydrogens is 164 g/mol. The molecule has 0 unspecified atom stereocenters. The lowest BCUT2D eigenvalue weighted by atomic mass is 10.3. The second-order valence-corrected chi connectivity index (χ2v) is 3.53. The molecule has 0 bridgehead atoms. The van der Waals surface area contributed by atoms with Crippen molar-refractivity contribution in [3.8, 4) is 6.07 Å². The number of nitrogens with zero attached hydrogens (tertiary/aromatic N) is 4. The van der Waals surface area contributed by atoms with Gasteiger partial charge in [-0.25, -0.2) is 0 Å². The summed E-state index contributed by atoms with van der Waals surface area (Å²) in [5.41, 5.74) is 0.933. The van der Waals surface area contributed by atoms with Gasteiger partial charge in [0.15, 0.2) is 0 Å². The number of rotatable bonds is 4. The van der Waals surface area contributed by atoms with Crippen molar-refractivity contribution >= 4 is 0 Å². The molecule has 0 spiro atoms. The van der Waals surface area contributed by atoms with E-state index in [1.165, 1.54) is 12.8 Å². The smallest absolute Gasteiger partial charge is 0.0837 e. The molecule has 1 fully saturated rings. The highest BCUT2D eigenvalue weighted by Gasteiger charge is 2.22. The van der Waals surface area contributed by atoms with Crippen LogP contribution in [-0.2, 0) is 13.0 Å². The largest absolute Gasteiger partial charge is 0.252 e. The first kappa shape index (κ1) is 8.24. The molecule has 0 saturated heterocycles. The van der Waals surface area contributed by atoms with Crippen molar-refractivity contribution in [1.82, 2.24) is 15.0 Å². The maximum absolute atomic E-state index is 8.38. The topological polar surface area (TPSA) is 54.5 Å². The van der Waals surface area contributed by atoms with Gasteiger partial charge < -0.3 is 0 Å². The summed E-state index contributed by atoms with van der Waals surface area (Å²) in [5, 5.41) is 16.4. The summed E-state index contributed by atoms with van der Waals surface area (Å²) in [7, 11) is 0. The molecule has 2 rings (SSSR count). The average Bonchev–Trinajstić information content (AvgIpc) is 2.81. The molecule has 0 aliphatic heterocycles. The molecule has 1 saturated carbocycles. The quantitative estimate of drug-likeness (QED) is 0.691. The van der Waals surface area contributed by atoms with Gasteiger partial charge >= 0.3 is 0 Å². The SMILES string of the molecule is N#CCCc1cn(CC2CC2)nn1. The van der Waals surface area contributed by atoms with E-state index in [-0.39, 0.29) is 0 Å².